The van der Waals surface area contributed by atoms with Crippen molar-refractivity contribution in [3.63, 3.8) is 0 Å². The second-order valence-corrected chi connectivity index (χ2v) is 3.69. The lowest BCUT2D eigenvalue weighted by atomic mass is 10.1. The highest BCUT2D eigenvalue weighted by Gasteiger charge is 2.08. The Kier molecular flexibility index (Phi) is 4.31. The van der Waals surface area contributed by atoms with E-state index < -0.39 is 0 Å². The number of esters is 1. The molecule has 0 fully saturated rings. The van der Waals surface area contributed by atoms with E-state index in [1.807, 2.05) is 26.0 Å². The minimum Gasteiger partial charge on any atom is -0.459 e. The quantitative estimate of drug-likeness (QED) is 0.765. The van der Waals surface area contributed by atoms with Gasteiger partial charge in [-0.05, 0) is 44.5 Å². The Morgan fingerprint density at radius 2 is 1.93 bits per heavy atom. The first-order valence-corrected chi connectivity index (χ1v) is 5.13. The van der Waals surface area contributed by atoms with Gasteiger partial charge in [-0.3, -0.25) is 0 Å². The number of hydrogen-bond donors (Lipinski definition) is 1. The fraction of sp³-hybridized carbons (Fsp3) is 0.417. The summed E-state index contributed by atoms with van der Waals surface area (Å²) in [5.74, 6) is -0.274. The lowest BCUT2D eigenvalue weighted by Gasteiger charge is -2.08. The normalized spacial score (nSPS) is 10.4. The van der Waals surface area contributed by atoms with Crippen molar-refractivity contribution in [1.82, 2.24) is 0 Å². The zero-order chi connectivity index (χ0) is 11.3. The van der Waals surface area contributed by atoms with Gasteiger partial charge in [-0.2, -0.15) is 0 Å². The Morgan fingerprint density at radius 3 is 2.40 bits per heavy atom. The van der Waals surface area contributed by atoms with E-state index in [2.05, 4.69) is 0 Å². The summed E-state index contributed by atoms with van der Waals surface area (Å²) >= 11 is 0. The summed E-state index contributed by atoms with van der Waals surface area (Å²) in [4.78, 5) is 11.5. The van der Waals surface area contributed by atoms with Crippen LogP contribution >= 0.6 is 0 Å². The molecule has 0 heterocycles. The number of rotatable bonds is 4. The van der Waals surface area contributed by atoms with Gasteiger partial charge < -0.3 is 10.5 Å². The van der Waals surface area contributed by atoms with Gasteiger partial charge in [0.25, 0.3) is 0 Å². The van der Waals surface area contributed by atoms with Crippen LogP contribution in [0.1, 0.15) is 29.8 Å². The van der Waals surface area contributed by atoms with E-state index in [9.17, 15) is 4.79 Å². The number of carbonyl (C=O) groups excluding carboxylic acids is 1. The summed E-state index contributed by atoms with van der Waals surface area (Å²) in [6, 6.07) is 7.36. The van der Waals surface area contributed by atoms with Crippen molar-refractivity contribution >= 4 is 5.97 Å². The topological polar surface area (TPSA) is 52.3 Å². The number of benzene rings is 1. The SMILES string of the molecule is CC(C)OC(=O)c1ccc(CCN)cc1. The molecule has 0 aliphatic heterocycles. The maximum atomic E-state index is 11.5. The third-order valence-corrected chi connectivity index (χ3v) is 1.97. The molecule has 15 heavy (non-hydrogen) atoms. The van der Waals surface area contributed by atoms with Crippen LogP contribution in [0.25, 0.3) is 0 Å². The van der Waals surface area contributed by atoms with Gasteiger partial charge in [-0.15, -0.1) is 0 Å². The smallest absolute Gasteiger partial charge is 0.338 e. The molecule has 0 unspecified atom stereocenters. The minimum absolute atomic E-state index is 0.0822. The van der Waals surface area contributed by atoms with Gasteiger partial charge in [0.1, 0.15) is 0 Å². The van der Waals surface area contributed by atoms with Crippen molar-refractivity contribution in [2.24, 2.45) is 5.73 Å². The summed E-state index contributed by atoms with van der Waals surface area (Å²) < 4.78 is 5.07. The highest BCUT2D eigenvalue weighted by atomic mass is 16.5. The second-order valence-electron chi connectivity index (χ2n) is 3.69. The van der Waals surface area contributed by atoms with Crippen molar-refractivity contribution in [2.75, 3.05) is 6.54 Å². The maximum absolute atomic E-state index is 11.5. The van der Waals surface area contributed by atoms with Crippen LogP contribution < -0.4 is 5.73 Å². The molecule has 1 aromatic rings. The third kappa shape index (κ3) is 3.72. The van der Waals surface area contributed by atoms with E-state index >= 15 is 0 Å². The molecule has 0 saturated carbocycles. The van der Waals surface area contributed by atoms with Gasteiger partial charge in [0.15, 0.2) is 0 Å². The van der Waals surface area contributed by atoms with Crippen molar-refractivity contribution in [2.45, 2.75) is 26.4 Å². The first kappa shape index (κ1) is 11.7. The standard InChI is InChI=1S/C12H17NO2/c1-9(2)15-12(14)11-5-3-10(4-6-11)7-8-13/h3-6,9H,7-8,13H2,1-2H3. The summed E-state index contributed by atoms with van der Waals surface area (Å²) in [5.41, 5.74) is 7.16. The number of ether oxygens (including phenoxy) is 1. The van der Waals surface area contributed by atoms with E-state index in [4.69, 9.17) is 10.5 Å². The van der Waals surface area contributed by atoms with Crippen molar-refractivity contribution in [1.29, 1.82) is 0 Å². The maximum Gasteiger partial charge on any atom is 0.338 e. The lowest BCUT2D eigenvalue weighted by Crippen LogP contribution is -2.11. The number of hydrogen-bond acceptors (Lipinski definition) is 3. The van der Waals surface area contributed by atoms with Gasteiger partial charge in [0.2, 0.25) is 0 Å². The first-order chi connectivity index (χ1) is 7.13. The van der Waals surface area contributed by atoms with Gasteiger partial charge in [-0.25, -0.2) is 4.79 Å². The van der Waals surface area contributed by atoms with Crippen molar-refractivity contribution in [3.8, 4) is 0 Å². The predicted octanol–water partition coefficient (Wildman–Crippen LogP) is 1.75. The van der Waals surface area contributed by atoms with Crippen LogP contribution in [-0.4, -0.2) is 18.6 Å². The Labute approximate surface area is 90.2 Å². The molecule has 0 aliphatic rings. The molecule has 0 radical (unpaired) electrons. The summed E-state index contributed by atoms with van der Waals surface area (Å²) in [5, 5.41) is 0. The molecule has 0 spiro atoms. The molecule has 3 heteroatoms. The zero-order valence-corrected chi connectivity index (χ0v) is 9.19. The van der Waals surface area contributed by atoms with E-state index in [1.54, 1.807) is 12.1 Å². The van der Waals surface area contributed by atoms with E-state index in [0.717, 1.165) is 12.0 Å². The van der Waals surface area contributed by atoms with E-state index in [1.165, 1.54) is 0 Å². The van der Waals surface area contributed by atoms with Gasteiger partial charge in [0, 0.05) is 0 Å². The molecular weight excluding hydrogens is 190 g/mol. The molecule has 3 nitrogen and oxygen atoms in total. The van der Waals surface area contributed by atoms with E-state index in [-0.39, 0.29) is 12.1 Å². The van der Waals surface area contributed by atoms with Crippen LogP contribution in [0, 0.1) is 0 Å². The van der Waals surface area contributed by atoms with Crippen LogP contribution in [-0.2, 0) is 11.2 Å². The van der Waals surface area contributed by atoms with Gasteiger partial charge >= 0.3 is 5.97 Å². The van der Waals surface area contributed by atoms with E-state index in [0.29, 0.717) is 12.1 Å². The highest BCUT2D eigenvalue weighted by molar-refractivity contribution is 5.89. The Balaban J connectivity index is 2.67. The molecule has 0 amide bonds. The average Bonchev–Trinajstić information content (AvgIpc) is 2.18. The van der Waals surface area contributed by atoms with Crippen LogP contribution in [0.4, 0.5) is 0 Å². The number of nitrogens with two attached hydrogens (primary N) is 1. The molecule has 0 saturated heterocycles. The molecular formula is C12H17NO2. The lowest BCUT2D eigenvalue weighted by molar-refractivity contribution is 0.0378. The van der Waals surface area contributed by atoms with Crippen molar-refractivity contribution < 1.29 is 9.53 Å². The molecule has 1 aromatic carbocycles. The highest BCUT2D eigenvalue weighted by Crippen LogP contribution is 2.07. The number of carbonyl (C=O) groups is 1. The van der Waals surface area contributed by atoms with Crippen LogP contribution in [0.5, 0.6) is 0 Å². The molecule has 0 aromatic heterocycles. The van der Waals surface area contributed by atoms with Gasteiger partial charge in [0.05, 0.1) is 11.7 Å². The first-order valence-electron chi connectivity index (χ1n) is 5.13. The molecule has 82 valence electrons. The second kappa shape index (κ2) is 5.51. The molecule has 1 rings (SSSR count). The van der Waals surface area contributed by atoms with Crippen LogP contribution in [0.2, 0.25) is 0 Å². The molecule has 2 N–H and O–H groups in total. The van der Waals surface area contributed by atoms with Crippen LogP contribution in [0.3, 0.4) is 0 Å². The fourth-order valence-electron chi connectivity index (χ4n) is 1.26. The van der Waals surface area contributed by atoms with Gasteiger partial charge in [-0.1, -0.05) is 12.1 Å². The Morgan fingerprint density at radius 1 is 1.33 bits per heavy atom. The third-order valence-electron chi connectivity index (χ3n) is 1.97. The predicted molar refractivity (Wildman–Crippen MR) is 59.8 cm³/mol. The minimum atomic E-state index is -0.274. The monoisotopic (exact) mass is 207 g/mol. The average molecular weight is 207 g/mol. The Hall–Kier alpha value is -1.35. The zero-order valence-electron chi connectivity index (χ0n) is 9.19. The summed E-state index contributed by atoms with van der Waals surface area (Å²) in [7, 11) is 0. The summed E-state index contributed by atoms with van der Waals surface area (Å²) in [6.07, 6.45) is 0.751. The summed E-state index contributed by atoms with van der Waals surface area (Å²) in [6.45, 7) is 4.29. The van der Waals surface area contributed by atoms with Crippen LogP contribution in [0.15, 0.2) is 24.3 Å². The molecule has 0 atom stereocenters. The largest absolute Gasteiger partial charge is 0.459 e. The molecule has 0 bridgehead atoms. The fourth-order valence-corrected chi connectivity index (χ4v) is 1.26. The molecule has 0 aliphatic carbocycles. The van der Waals surface area contributed by atoms with Crippen molar-refractivity contribution in [3.05, 3.63) is 35.4 Å². The Bertz CT molecular complexity index is 317.